The van der Waals surface area contributed by atoms with Gasteiger partial charge in [-0.3, -0.25) is 0 Å². The Morgan fingerprint density at radius 2 is 1.73 bits per heavy atom. The summed E-state index contributed by atoms with van der Waals surface area (Å²) < 4.78 is 0. The van der Waals surface area contributed by atoms with Gasteiger partial charge in [-0.05, 0) is 27.2 Å². The molecule has 3 heteroatoms. The van der Waals surface area contributed by atoms with Crippen molar-refractivity contribution >= 4 is 0 Å². The zero-order valence-electron chi connectivity index (χ0n) is 8.35. The van der Waals surface area contributed by atoms with Crippen molar-refractivity contribution in [2.24, 2.45) is 5.73 Å². The summed E-state index contributed by atoms with van der Waals surface area (Å²) >= 11 is 0. The van der Waals surface area contributed by atoms with Crippen LogP contribution in [-0.4, -0.2) is 45.2 Å². The van der Waals surface area contributed by atoms with E-state index in [-0.39, 0.29) is 0 Å². The zero-order valence-corrected chi connectivity index (χ0v) is 8.35. The first kappa shape index (κ1) is 13.5. The number of nitrogens with one attached hydrogen (secondary N) is 1. The Morgan fingerprint density at radius 3 is 2.00 bits per heavy atom. The van der Waals surface area contributed by atoms with Gasteiger partial charge in [0.15, 0.2) is 0 Å². The van der Waals surface area contributed by atoms with E-state index in [0.717, 1.165) is 26.2 Å². The Hall–Kier alpha value is -0.120. The minimum absolute atomic E-state index is 0.750. The molecule has 3 nitrogen and oxygen atoms in total. The molecule has 0 rings (SSSR count). The number of hydrogen-bond donors (Lipinski definition) is 2. The molecule has 0 aromatic rings. The van der Waals surface area contributed by atoms with Crippen molar-refractivity contribution in [3.05, 3.63) is 0 Å². The Kier molecular flexibility index (Phi) is 15.4. The van der Waals surface area contributed by atoms with Crippen molar-refractivity contribution in [1.82, 2.24) is 10.2 Å². The largest absolute Gasteiger partial charge is 0.331 e. The summed E-state index contributed by atoms with van der Waals surface area (Å²) in [6.45, 7) is 8.08. The van der Waals surface area contributed by atoms with Gasteiger partial charge in [0.05, 0.1) is 0 Å². The monoisotopic (exact) mass is 161 g/mol. The van der Waals surface area contributed by atoms with Crippen molar-refractivity contribution in [2.45, 2.75) is 13.8 Å². The van der Waals surface area contributed by atoms with Crippen molar-refractivity contribution in [1.29, 1.82) is 0 Å². The lowest BCUT2D eigenvalue weighted by Gasteiger charge is -2.08. The molecule has 0 aliphatic heterocycles. The molecule has 0 unspecified atom stereocenters. The molecule has 0 atom stereocenters. The summed E-state index contributed by atoms with van der Waals surface area (Å²) in [5, 5.41) is 3.24. The second kappa shape index (κ2) is 12.5. The fraction of sp³-hybridized carbons (Fsp3) is 1.00. The highest BCUT2D eigenvalue weighted by molar-refractivity contribution is 4.45. The predicted molar refractivity (Wildman–Crippen MR) is 51.8 cm³/mol. The van der Waals surface area contributed by atoms with Gasteiger partial charge >= 0.3 is 0 Å². The van der Waals surface area contributed by atoms with E-state index in [4.69, 9.17) is 5.73 Å². The molecule has 0 spiro atoms. The van der Waals surface area contributed by atoms with Gasteiger partial charge in [0.2, 0.25) is 0 Å². The maximum Gasteiger partial charge on any atom is 0.0101 e. The van der Waals surface area contributed by atoms with Gasteiger partial charge in [0.1, 0.15) is 0 Å². The molecule has 11 heavy (non-hydrogen) atoms. The maximum absolute atomic E-state index is 4.85. The Labute approximate surface area is 70.9 Å². The van der Waals surface area contributed by atoms with Crippen LogP contribution >= 0.6 is 0 Å². The molecule has 0 aliphatic carbocycles. The zero-order chi connectivity index (χ0) is 9.11. The minimum atomic E-state index is 0.750. The van der Waals surface area contributed by atoms with Crippen molar-refractivity contribution in [2.75, 3.05) is 40.3 Å². The first-order valence-corrected chi connectivity index (χ1v) is 4.24. The smallest absolute Gasteiger partial charge is 0.0101 e. The van der Waals surface area contributed by atoms with Crippen molar-refractivity contribution in [3.8, 4) is 0 Å². The van der Waals surface area contributed by atoms with Gasteiger partial charge in [-0.2, -0.15) is 0 Å². The van der Waals surface area contributed by atoms with Crippen LogP contribution in [0.3, 0.4) is 0 Å². The molecule has 0 saturated heterocycles. The SMILES string of the molecule is CCN.CCNCCN(C)C. The van der Waals surface area contributed by atoms with Crippen LogP contribution in [0.4, 0.5) is 0 Å². The Morgan fingerprint density at radius 1 is 1.27 bits per heavy atom. The summed E-state index contributed by atoms with van der Waals surface area (Å²) in [7, 11) is 4.16. The second-order valence-corrected chi connectivity index (χ2v) is 2.57. The molecule has 0 fully saturated rings. The van der Waals surface area contributed by atoms with E-state index in [9.17, 15) is 0 Å². The molecular weight excluding hydrogens is 138 g/mol. The first-order valence-electron chi connectivity index (χ1n) is 4.24. The topological polar surface area (TPSA) is 41.3 Å². The summed E-state index contributed by atoms with van der Waals surface area (Å²) in [4.78, 5) is 2.17. The number of hydrogen-bond acceptors (Lipinski definition) is 3. The Balaban J connectivity index is 0. The molecule has 0 bridgehead atoms. The van der Waals surface area contributed by atoms with Gasteiger partial charge in [-0.15, -0.1) is 0 Å². The number of nitrogens with zero attached hydrogens (tertiary/aromatic N) is 1. The van der Waals surface area contributed by atoms with Gasteiger partial charge in [0.25, 0.3) is 0 Å². The number of likely N-dealkylation sites (N-methyl/N-ethyl adjacent to an activating group) is 2. The number of nitrogens with two attached hydrogens (primary N) is 1. The van der Waals surface area contributed by atoms with Crippen LogP contribution in [0.5, 0.6) is 0 Å². The van der Waals surface area contributed by atoms with E-state index in [2.05, 4.69) is 31.2 Å². The summed E-state index contributed by atoms with van der Waals surface area (Å²) in [5.41, 5.74) is 4.85. The summed E-state index contributed by atoms with van der Waals surface area (Å²) in [6, 6.07) is 0. The predicted octanol–water partition coefficient (Wildman–Crippen LogP) is 0.123. The molecule has 70 valence electrons. The normalized spacial score (nSPS) is 9.27. The van der Waals surface area contributed by atoms with Crippen LogP contribution in [0.2, 0.25) is 0 Å². The third kappa shape index (κ3) is 25.8. The molecule has 0 saturated carbocycles. The Bertz CT molecular complexity index is 55.3. The fourth-order valence-electron chi connectivity index (χ4n) is 0.479. The average molecular weight is 161 g/mol. The summed E-state index contributed by atoms with van der Waals surface area (Å²) in [6.07, 6.45) is 0. The highest BCUT2D eigenvalue weighted by Crippen LogP contribution is 1.68. The highest BCUT2D eigenvalue weighted by Gasteiger charge is 1.84. The third-order valence-corrected chi connectivity index (χ3v) is 0.986. The van der Waals surface area contributed by atoms with Crippen LogP contribution in [0.25, 0.3) is 0 Å². The van der Waals surface area contributed by atoms with E-state index in [1.165, 1.54) is 0 Å². The third-order valence-electron chi connectivity index (χ3n) is 0.986. The van der Waals surface area contributed by atoms with Gasteiger partial charge in [0, 0.05) is 13.1 Å². The second-order valence-electron chi connectivity index (χ2n) is 2.57. The summed E-state index contributed by atoms with van der Waals surface area (Å²) in [5.74, 6) is 0. The molecule has 0 aromatic heterocycles. The van der Waals surface area contributed by atoms with Crippen molar-refractivity contribution in [3.63, 3.8) is 0 Å². The standard InChI is InChI=1S/C6H16N2.C2H7N/c1-4-7-5-6-8(2)3;1-2-3/h7H,4-6H2,1-3H3;2-3H2,1H3. The fourth-order valence-corrected chi connectivity index (χ4v) is 0.479. The van der Waals surface area contributed by atoms with Gasteiger partial charge < -0.3 is 16.0 Å². The van der Waals surface area contributed by atoms with Crippen LogP contribution in [0.1, 0.15) is 13.8 Å². The average Bonchev–Trinajstić information content (AvgIpc) is 1.89. The van der Waals surface area contributed by atoms with E-state index >= 15 is 0 Å². The van der Waals surface area contributed by atoms with Gasteiger partial charge in [-0.1, -0.05) is 13.8 Å². The minimum Gasteiger partial charge on any atom is -0.331 e. The highest BCUT2D eigenvalue weighted by atomic mass is 15.1. The molecule has 0 aliphatic rings. The van der Waals surface area contributed by atoms with Crippen LogP contribution in [0.15, 0.2) is 0 Å². The van der Waals surface area contributed by atoms with Crippen LogP contribution in [-0.2, 0) is 0 Å². The molecule has 0 radical (unpaired) electrons. The van der Waals surface area contributed by atoms with Crippen LogP contribution < -0.4 is 11.1 Å². The molecule has 0 amide bonds. The lowest BCUT2D eigenvalue weighted by atomic mass is 10.5. The first-order chi connectivity index (χ1) is 5.18. The molecule has 0 aromatic carbocycles. The van der Waals surface area contributed by atoms with E-state index < -0.39 is 0 Å². The lowest BCUT2D eigenvalue weighted by molar-refractivity contribution is 0.402. The lowest BCUT2D eigenvalue weighted by Crippen LogP contribution is -2.26. The maximum atomic E-state index is 4.85. The quantitative estimate of drug-likeness (QED) is 0.576. The molecule has 0 heterocycles. The molecule has 3 N–H and O–H groups in total. The molecular formula is C8H23N3. The number of rotatable bonds is 4. The van der Waals surface area contributed by atoms with Crippen molar-refractivity contribution < 1.29 is 0 Å². The van der Waals surface area contributed by atoms with Crippen LogP contribution in [0, 0.1) is 0 Å². The van der Waals surface area contributed by atoms with E-state index in [1.807, 2.05) is 6.92 Å². The van der Waals surface area contributed by atoms with E-state index in [0.29, 0.717) is 0 Å². The van der Waals surface area contributed by atoms with E-state index in [1.54, 1.807) is 0 Å². The van der Waals surface area contributed by atoms with Gasteiger partial charge in [-0.25, -0.2) is 0 Å².